The maximum Gasteiger partial charge on any atom is 0.673 e. The second-order valence-corrected chi connectivity index (χ2v) is 4.76. The number of aryl methyl sites for hydroxylation is 1. The fourth-order valence-electron chi connectivity index (χ4n) is 1.18. The summed E-state index contributed by atoms with van der Waals surface area (Å²) in [5.74, 6) is 0. The predicted octanol–water partition coefficient (Wildman–Crippen LogP) is 3.96. The Balaban J connectivity index is 0.000000312. The summed E-state index contributed by atoms with van der Waals surface area (Å²) in [6.07, 6.45) is 4.12. The highest BCUT2D eigenvalue weighted by Gasteiger charge is 2.20. The topological polar surface area (TPSA) is 3.88 Å². The molecule has 0 aliphatic carbocycles. The SMILES string of the molecule is C[n+]1ccc(Sc2ccccc2)cc1.F[B-](F)(F)F. The van der Waals surface area contributed by atoms with Crippen molar-refractivity contribution in [1.82, 2.24) is 0 Å². The molecule has 1 nitrogen and oxygen atoms in total. The number of rotatable bonds is 2. The van der Waals surface area contributed by atoms with Gasteiger partial charge in [0.1, 0.15) is 7.05 Å². The zero-order chi connectivity index (χ0) is 14.3. The highest BCUT2D eigenvalue weighted by molar-refractivity contribution is 7.99. The van der Waals surface area contributed by atoms with E-state index in [0.717, 1.165) is 0 Å². The van der Waals surface area contributed by atoms with Gasteiger partial charge in [-0.25, -0.2) is 4.57 Å². The Morgan fingerprint density at radius 2 is 1.26 bits per heavy atom. The van der Waals surface area contributed by atoms with Gasteiger partial charge in [-0.1, -0.05) is 30.0 Å². The summed E-state index contributed by atoms with van der Waals surface area (Å²) < 4.78 is 41.0. The molecule has 102 valence electrons. The van der Waals surface area contributed by atoms with Gasteiger partial charge in [-0.3, -0.25) is 0 Å². The third-order valence-corrected chi connectivity index (χ3v) is 2.94. The number of hydrogen-bond acceptors (Lipinski definition) is 1. The van der Waals surface area contributed by atoms with E-state index in [1.165, 1.54) is 9.79 Å². The van der Waals surface area contributed by atoms with Crippen molar-refractivity contribution in [1.29, 1.82) is 0 Å². The van der Waals surface area contributed by atoms with E-state index in [0.29, 0.717) is 0 Å². The summed E-state index contributed by atoms with van der Waals surface area (Å²) in [6.45, 7) is 0. The highest BCUT2D eigenvalue weighted by Crippen LogP contribution is 2.25. The van der Waals surface area contributed by atoms with E-state index in [9.17, 15) is 17.3 Å². The van der Waals surface area contributed by atoms with Crippen LogP contribution in [0.2, 0.25) is 0 Å². The van der Waals surface area contributed by atoms with Gasteiger partial charge >= 0.3 is 7.25 Å². The van der Waals surface area contributed by atoms with E-state index in [1.54, 1.807) is 11.8 Å². The minimum absolute atomic E-state index is 1.27. The van der Waals surface area contributed by atoms with Gasteiger partial charge in [-0.2, -0.15) is 0 Å². The summed E-state index contributed by atoms with van der Waals surface area (Å²) in [5, 5.41) is 0. The average molecular weight is 289 g/mol. The zero-order valence-electron chi connectivity index (χ0n) is 10.1. The van der Waals surface area contributed by atoms with Gasteiger partial charge < -0.3 is 17.3 Å². The first kappa shape index (κ1) is 15.6. The minimum Gasteiger partial charge on any atom is -0.418 e. The van der Waals surface area contributed by atoms with Crippen molar-refractivity contribution < 1.29 is 21.8 Å². The molecule has 0 fully saturated rings. The van der Waals surface area contributed by atoms with Gasteiger partial charge in [-0.05, 0) is 12.1 Å². The lowest BCUT2D eigenvalue weighted by Crippen LogP contribution is -2.25. The maximum absolute atomic E-state index is 9.75. The largest absolute Gasteiger partial charge is 0.673 e. The summed E-state index contributed by atoms with van der Waals surface area (Å²) in [4.78, 5) is 2.55. The molecule has 0 saturated carbocycles. The lowest BCUT2D eigenvalue weighted by atomic mass is 10.3. The summed E-state index contributed by atoms with van der Waals surface area (Å²) in [7, 11) is -3.98. The first-order chi connectivity index (χ1) is 8.84. The van der Waals surface area contributed by atoms with Crippen molar-refractivity contribution in [2.75, 3.05) is 0 Å². The fraction of sp³-hybridized carbons (Fsp3) is 0.0833. The fourth-order valence-corrected chi connectivity index (χ4v) is 2.00. The standard InChI is InChI=1S/C12H12NS.BF4/c1-13-9-7-12(8-10-13)14-11-5-3-2-4-6-11;2-1(3,4)5/h2-10H,1H3;/q+1;-1. The third-order valence-electron chi connectivity index (χ3n) is 1.93. The molecule has 0 amide bonds. The Morgan fingerprint density at radius 3 is 1.74 bits per heavy atom. The van der Waals surface area contributed by atoms with Gasteiger partial charge in [0.25, 0.3) is 0 Å². The highest BCUT2D eigenvalue weighted by atomic mass is 32.2. The van der Waals surface area contributed by atoms with E-state index >= 15 is 0 Å². The van der Waals surface area contributed by atoms with Crippen LogP contribution < -0.4 is 4.57 Å². The molecule has 2 rings (SSSR count). The Hall–Kier alpha value is -1.50. The number of aromatic nitrogens is 1. The first-order valence-electron chi connectivity index (χ1n) is 5.40. The quantitative estimate of drug-likeness (QED) is 0.460. The molecular weight excluding hydrogens is 277 g/mol. The molecule has 2 aromatic rings. The number of halogens is 4. The molecule has 1 aromatic carbocycles. The van der Waals surface area contributed by atoms with Crippen LogP contribution in [0.3, 0.4) is 0 Å². The van der Waals surface area contributed by atoms with Crippen LogP contribution in [0, 0.1) is 0 Å². The number of nitrogens with zero attached hydrogens (tertiary/aromatic N) is 1. The second kappa shape index (κ2) is 7.18. The van der Waals surface area contributed by atoms with Gasteiger partial charge in [0.15, 0.2) is 12.4 Å². The Morgan fingerprint density at radius 1 is 0.842 bits per heavy atom. The molecule has 7 heteroatoms. The van der Waals surface area contributed by atoms with Crippen molar-refractivity contribution >= 4 is 19.0 Å². The van der Waals surface area contributed by atoms with Crippen LogP contribution >= 0.6 is 11.8 Å². The van der Waals surface area contributed by atoms with Crippen LogP contribution in [0.1, 0.15) is 0 Å². The molecule has 0 aliphatic heterocycles. The van der Waals surface area contributed by atoms with Gasteiger partial charge in [0, 0.05) is 21.9 Å². The van der Waals surface area contributed by atoms with E-state index in [4.69, 9.17) is 0 Å². The Labute approximate surface area is 113 Å². The van der Waals surface area contributed by atoms with E-state index in [-0.39, 0.29) is 0 Å². The van der Waals surface area contributed by atoms with Gasteiger partial charge in [0.2, 0.25) is 0 Å². The number of benzene rings is 1. The molecule has 0 atom stereocenters. The number of pyridine rings is 1. The molecule has 0 bridgehead atoms. The monoisotopic (exact) mass is 289 g/mol. The third kappa shape index (κ3) is 8.26. The Kier molecular flexibility index (Phi) is 5.88. The molecule has 0 radical (unpaired) electrons. The van der Waals surface area contributed by atoms with Crippen molar-refractivity contribution in [3.8, 4) is 0 Å². The number of hydrogen-bond donors (Lipinski definition) is 0. The lowest BCUT2D eigenvalue weighted by Gasteiger charge is -1.98. The van der Waals surface area contributed by atoms with Crippen LogP contribution in [-0.2, 0) is 7.05 Å². The molecular formula is C12H12BF4NS. The van der Waals surface area contributed by atoms with Crippen molar-refractivity contribution in [3.05, 3.63) is 54.9 Å². The first-order valence-corrected chi connectivity index (χ1v) is 6.22. The van der Waals surface area contributed by atoms with Crippen molar-refractivity contribution in [3.63, 3.8) is 0 Å². The molecule has 0 aliphatic rings. The maximum atomic E-state index is 9.75. The van der Waals surface area contributed by atoms with Crippen LogP contribution in [0.15, 0.2) is 64.6 Å². The summed E-state index contributed by atoms with van der Waals surface area (Å²) in [5.41, 5.74) is 0. The normalized spacial score (nSPS) is 10.6. The van der Waals surface area contributed by atoms with E-state index in [2.05, 4.69) is 48.8 Å². The minimum atomic E-state index is -6.00. The lowest BCUT2D eigenvalue weighted by molar-refractivity contribution is -0.671. The van der Waals surface area contributed by atoms with Crippen LogP contribution in [0.25, 0.3) is 0 Å². The van der Waals surface area contributed by atoms with Gasteiger partial charge in [0.05, 0.1) is 0 Å². The Bertz CT molecular complexity index is 481. The van der Waals surface area contributed by atoms with E-state index in [1.807, 2.05) is 17.7 Å². The molecule has 0 N–H and O–H groups in total. The van der Waals surface area contributed by atoms with E-state index < -0.39 is 7.25 Å². The smallest absolute Gasteiger partial charge is 0.418 e. The average Bonchev–Trinajstić information content (AvgIpc) is 2.31. The molecule has 0 saturated heterocycles. The molecule has 1 aromatic heterocycles. The molecule has 19 heavy (non-hydrogen) atoms. The summed E-state index contributed by atoms with van der Waals surface area (Å²) in [6, 6.07) is 14.6. The van der Waals surface area contributed by atoms with Crippen molar-refractivity contribution in [2.24, 2.45) is 7.05 Å². The zero-order valence-corrected chi connectivity index (χ0v) is 11.0. The molecule has 0 unspecified atom stereocenters. The molecule has 1 heterocycles. The van der Waals surface area contributed by atoms with Gasteiger partial charge in [-0.15, -0.1) is 0 Å². The second-order valence-electron chi connectivity index (χ2n) is 3.61. The van der Waals surface area contributed by atoms with Crippen LogP contribution in [0.4, 0.5) is 17.3 Å². The van der Waals surface area contributed by atoms with Crippen LogP contribution in [-0.4, -0.2) is 7.25 Å². The summed E-state index contributed by atoms with van der Waals surface area (Å²) >= 11 is 1.78. The predicted molar refractivity (Wildman–Crippen MR) is 68.4 cm³/mol. The molecule has 0 spiro atoms. The van der Waals surface area contributed by atoms with Crippen molar-refractivity contribution in [2.45, 2.75) is 9.79 Å². The van der Waals surface area contributed by atoms with Crippen LogP contribution in [0.5, 0.6) is 0 Å².